The molecule has 5 nitrogen and oxygen atoms in total. The Hall–Kier alpha value is -1.73. The second kappa shape index (κ2) is 10.2. The van der Waals surface area contributed by atoms with Crippen LogP contribution in [0.5, 0.6) is 0 Å². The molecule has 3 rings (SSSR count). The number of ether oxygens (including phenoxy) is 1. The van der Waals surface area contributed by atoms with Gasteiger partial charge < -0.3 is 4.74 Å². The zero-order valence-corrected chi connectivity index (χ0v) is 17.3. The molecule has 1 heterocycles. The van der Waals surface area contributed by atoms with E-state index in [9.17, 15) is 8.42 Å². The van der Waals surface area contributed by atoms with E-state index in [1.54, 1.807) is 0 Å². The van der Waals surface area contributed by atoms with Crippen LogP contribution >= 0.6 is 0 Å². The number of hydrogen-bond acceptors (Lipinski definition) is 4. The highest BCUT2D eigenvalue weighted by Gasteiger charge is 2.21. The van der Waals surface area contributed by atoms with Gasteiger partial charge in [0, 0.05) is 19.6 Å². The highest BCUT2D eigenvalue weighted by Crippen LogP contribution is 2.22. The van der Waals surface area contributed by atoms with Gasteiger partial charge in [-0.3, -0.25) is 4.90 Å². The third-order valence-corrected chi connectivity index (χ3v) is 6.34. The van der Waals surface area contributed by atoms with Crippen molar-refractivity contribution in [2.45, 2.75) is 31.6 Å². The van der Waals surface area contributed by atoms with Gasteiger partial charge in [0.15, 0.2) is 0 Å². The van der Waals surface area contributed by atoms with Crippen LogP contribution < -0.4 is 4.72 Å². The first-order chi connectivity index (χ1) is 13.5. The van der Waals surface area contributed by atoms with Crippen LogP contribution in [0.2, 0.25) is 0 Å². The molecule has 2 aromatic rings. The van der Waals surface area contributed by atoms with Crippen molar-refractivity contribution in [3.05, 3.63) is 71.3 Å². The van der Waals surface area contributed by atoms with E-state index in [0.717, 1.165) is 50.2 Å². The van der Waals surface area contributed by atoms with Crippen molar-refractivity contribution < 1.29 is 13.2 Å². The largest absolute Gasteiger partial charge is 0.371 e. The molecule has 152 valence electrons. The van der Waals surface area contributed by atoms with E-state index in [4.69, 9.17) is 4.74 Å². The standard InChI is InChI=1S/C22H30N2O3S/c1-19-8-7-9-20(16-19)18-28(25,26)23-12-5-6-13-24-14-15-27-22(17-24)21-10-3-2-4-11-21/h2-4,7-11,16,22-23H,5-6,12-15,17-18H2,1H3. The second-order valence-electron chi connectivity index (χ2n) is 7.42. The summed E-state index contributed by atoms with van der Waals surface area (Å²) < 4.78 is 33.1. The van der Waals surface area contributed by atoms with Crippen molar-refractivity contribution in [3.8, 4) is 0 Å². The molecule has 6 heteroatoms. The lowest BCUT2D eigenvalue weighted by molar-refractivity contribution is -0.0303. The number of rotatable bonds is 9. The maximum atomic E-state index is 12.2. The molecule has 1 saturated heterocycles. The van der Waals surface area contributed by atoms with Gasteiger partial charge in [-0.2, -0.15) is 0 Å². The number of sulfonamides is 1. The number of benzene rings is 2. The fraction of sp³-hybridized carbons (Fsp3) is 0.455. The average molecular weight is 403 g/mol. The van der Waals surface area contributed by atoms with Crippen LogP contribution in [0.25, 0.3) is 0 Å². The molecule has 1 unspecified atom stereocenters. The number of aryl methyl sites for hydroxylation is 1. The normalized spacial score (nSPS) is 18.2. The first kappa shape index (κ1) is 21.0. The molecule has 0 spiro atoms. The fourth-order valence-corrected chi connectivity index (χ4v) is 4.71. The van der Waals surface area contributed by atoms with Gasteiger partial charge in [0.2, 0.25) is 10.0 Å². The van der Waals surface area contributed by atoms with Gasteiger partial charge in [-0.1, -0.05) is 60.2 Å². The Morgan fingerprint density at radius 3 is 2.71 bits per heavy atom. The predicted octanol–water partition coefficient (Wildman–Crippen LogP) is 3.27. The summed E-state index contributed by atoms with van der Waals surface area (Å²) in [7, 11) is -3.29. The molecule has 0 aliphatic carbocycles. The van der Waals surface area contributed by atoms with E-state index < -0.39 is 10.0 Å². The minimum Gasteiger partial charge on any atom is -0.371 e. The zero-order chi connectivity index (χ0) is 19.8. The van der Waals surface area contributed by atoms with Crippen LogP contribution in [0.3, 0.4) is 0 Å². The summed E-state index contributed by atoms with van der Waals surface area (Å²) in [6.45, 7) is 5.98. The minimum atomic E-state index is -3.29. The molecule has 1 aliphatic heterocycles. The molecular formula is C22H30N2O3S. The Morgan fingerprint density at radius 2 is 1.93 bits per heavy atom. The highest BCUT2D eigenvalue weighted by atomic mass is 32.2. The summed E-state index contributed by atoms with van der Waals surface area (Å²) in [5.41, 5.74) is 3.12. The Morgan fingerprint density at radius 1 is 1.11 bits per heavy atom. The maximum absolute atomic E-state index is 12.2. The quantitative estimate of drug-likeness (QED) is 0.654. The predicted molar refractivity (Wildman–Crippen MR) is 113 cm³/mol. The van der Waals surface area contributed by atoms with Gasteiger partial charge in [0.25, 0.3) is 0 Å². The van der Waals surface area contributed by atoms with Crippen LogP contribution in [0.4, 0.5) is 0 Å². The zero-order valence-electron chi connectivity index (χ0n) is 16.5. The summed E-state index contributed by atoms with van der Waals surface area (Å²) in [5, 5.41) is 0. The highest BCUT2D eigenvalue weighted by molar-refractivity contribution is 7.88. The van der Waals surface area contributed by atoms with Gasteiger partial charge in [0.1, 0.15) is 0 Å². The van der Waals surface area contributed by atoms with Crippen LogP contribution in [0.15, 0.2) is 54.6 Å². The Bertz CT molecular complexity index is 840. The molecule has 28 heavy (non-hydrogen) atoms. The third kappa shape index (κ3) is 6.71. The van der Waals surface area contributed by atoms with E-state index in [2.05, 4.69) is 21.8 Å². The van der Waals surface area contributed by atoms with Crippen molar-refractivity contribution in [2.24, 2.45) is 0 Å². The summed E-state index contributed by atoms with van der Waals surface area (Å²) in [6, 6.07) is 18.0. The number of morpholine rings is 1. The summed E-state index contributed by atoms with van der Waals surface area (Å²) in [5.74, 6) is 0.0386. The molecule has 1 aliphatic rings. The molecule has 0 bridgehead atoms. The monoisotopic (exact) mass is 402 g/mol. The van der Waals surface area contributed by atoms with Crippen LogP contribution in [0.1, 0.15) is 35.6 Å². The van der Waals surface area contributed by atoms with Crippen molar-refractivity contribution in [1.82, 2.24) is 9.62 Å². The van der Waals surface area contributed by atoms with Crippen molar-refractivity contribution in [1.29, 1.82) is 0 Å². The number of unbranched alkanes of at least 4 members (excludes halogenated alkanes) is 1. The fourth-order valence-electron chi connectivity index (χ4n) is 3.54. The van der Waals surface area contributed by atoms with Crippen molar-refractivity contribution in [2.75, 3.05) is 32.8 Å². The summed E-state index contributed by atoms with van der Waals surface area (Å²) in [6.07, 6.45) is 1.93. The van der Waals surface area contributed by atoms with E-state index in [1.165, 1.54) is 5.56 Å². The van der Waals surface area contributed by atoms with E-state index in [-0.39, 0.29) is 11.9 Å². The van der Waals surface area contributed by atoms with E-state index >= 15 is 0 Å². The number of nitrogens with zero attached hydrogens (tertiary/aromatic N) is 1. The number of hydrogen-bond donors (Lipinski definition) is 1. The summed E-state index contributed by atoms with van der Waals surface area (Å²) in [4.78, 5) is 2.41. The molecule has 1 fully saturated rings. The first-order valence-corrected chi connectivity index (χ1v) is 11.6. The van der Waals surface area contributed by atoms with Crippen LogP contribution in [-0.2, 0) is 20.5 Å². The van der Waals surface area contributed by atoms with Gasteiger partial charge in [-0.15, -0.1) is 0 Å². The summed E-state index contributed by atoms with van der Waals surface area (Å²) >= 11 is 0. The molecule has 2 aromatic carbocycles. The Labute approximate surface area is 168 Å². The molecule has 0 amide bonds. The second-order valence-corrected chi connectivity index (χ2v) is 9.23. The van der Waals surface area contributed by atoms with Gasteiger partial charge in [0.05, 0.1) is 18.5 Å². The van der Waals surface area contributed by atoms with Crippen molar-refractivity contribution in [3.63, 3.8) is 0 Å². The molecule has 0 aromatic heterocycles. The lowest BCUT2D eigenvalue weighted by Gasteiger charge is -2.33. The van der Waals surface area contributed by atoms with E-state index in [1.807, 2.05) is 49.4 Å². The lowest BCUT2D eigenvalue weighted by atomic mass is 10.1. The SMILES string of the molecule is Cc1cccc(CS(=O)(=O)NCCCCN2CCOC(c3ccccc3)C2)c1. The Kier molecular flexibility index (Phi) is 7.62. The Balaban J connectivity index is 1.36. The molecule has 0 radical (unpaired) electrons. The van der Waals surface area contributed by atoms with Gasteiger partial charge >= 0.3 is 0 Å². The molecule has 1 N–H and O–H groups in total. The maximum Gasteiger partial charge on any atom is 0.215 e. The van der Waals surface area contributed by atoms with Crippen molar-refractivity contribution >= 4 is 10.0 Å². The van der Waals surface area contributed by atoms with Gasteiger partial charge in [-0.25, -0.2) is 13.1 Å². The number of nitrogens with one attached hydrogen (secondary N) is 1. The minimum absolute atomic E-state index is 0.0386. The van der Waals surface area contributed by atoms with Crippen LogP contribution in [0, 0.1) is 6.92 Å². The lowest BCUT2D eigenvalue weighted by Crippen LogP contribution is -2.39. The molecule has 1 atom stereocenters. The smallest absolute Gasteiger partial charge is 0.215 e. The average Bonchev–Trinajstić information content (AvgIpc) is 2.68. The van der Waals surface area contributed by atoms with Gasteiger partial charge in [-0.05, 0) is 37.4 Å². The van der Waals surface area contributed by atoms with Crippen LogP contribution in [-0.4, -0.2) is 46.1 Å². The topological polar surface area (TPSA) is 58.6 Å². The molecular weight excluding hydrogens is 372 g/mol. The van der Waals surface area contributed by atoms with E-state index in [0.29, 0.717) is 6.54 Å². The third-order valence-electron chi connectivity index (χ3n) is 4.98. The first-order valence-electron chi connectivity index (χ1n) is 9.94. The molecule has 0 saturated carbocycles.